The minimum atomic E-state index is -0.155. The lowest BCUT2D eigenvalue weighted by Gasteiger charge is -2.03. The van der Waals surface area contributed by atoms with Crippen molar-refractivity contribution in [2.75, 3.05) is 0 Å². The molecule has 0 radical (unpaired) electrons. The number of aldehydes is 1. The van der Waals surface area contributed by atoms with Gasteiger partial charge >= 0.3 is 0 Å². The number of carbonyl (C=O) groups is 1. The molecule has 3 aromatic rings. The van der Waals surface area contributed by atoms with E-state index in [4.69, 9.17) is 0 Å². The van der Waals surface area contributed by atoms with Crippen LogP contribution in [0.4, 0.5) is 0 Å². The largest absolute Gasteiger partial charge is 0.352 e. The summed E-state index contributed by atoms with van der Waals surface area (Å²) < 4.78 is 0. The molecule has 0 unspecified atom stereocenters. The number of hydrogen-bond donors (Lipinski definition) is 1. The van der Waals surface area contributed by atoms with Crippen LogP contribution in [-0.4, -0.2) is 16.3 Å². The molecule has 0 aliphatic carbocycles. The number of carbonyl (C=O) groups excluding carboxylic acids is 1. The van der Waals surface area contributed by atoms with Gasteiger partial charge in [-0.15, -0.1) is 0 Å². The molecule has 0 fully saturated rings. The zero-order valence-corrected chi connectivity index (χ0v) is 8.81. The molecule has 2 aromatic heterocycles. The third-order valence-corrected chi connectivity index (χ3v) is 2.75. The van der Waals surface area contributed by atoms with Gasteiger partial charge < -0.3 is 4.98 Å². The van der Waals surface area contributed by atoms with Gasteiger partial charge in [0.05, 0.1) is 11.0 Å². The maximum Gasteiger partial charge on any atom is 0.215 e. The molecule has 0 bridgehead atoms. The van der Waals surface area contributed by atoms with Gasteiger partial charge in [0.2, 0.25) is 5.43 Å². The number of rotatable bonds is 1. The smallest absolute Gasteiger partial charge is 0.215 e. The van der Waals surface area contributed by atoms with Crippen molar-refractivity contribution in [1.82, 2.24) is 9.97 Å². The van der Waals surface area contributed by atoms with Gasteiger partial charge in [0.1, 0.15) is 5.52 Å². The van der Waals surface area contributed by atoms with E-state index >= 15 is 0 Å². The fraction of sp³-hybridized carbons (Fsp3) is 0. The van der Waals surface area contributed by atoms with Crippen LogP contribution in [-0.2, 0) is 0 Å². The topological polar surface area (TPSA) is 62.8 Å². The summed E-state index contributed by atoms with van der Waals surface area (Å²) in [6, 6.07) is 8.57. The highest BCUT2D eigenvalue weighted by molar-refractivity contribution is 5.99. The molecule has 0 aliphatic rings. The molecule has 2 heterocycles. The first kappa shape index (κ1) is 9.72. The lowest BCUT2D eigenvalue weighted by molar-refractivity contribution is 0.112. The second kappa shape index (κ2) is 3.52. The molecule has 0 amide bonds. The molecule has 4 nitrogen and oxygen atoms in total. The van der Waals surface area contributed by atoms with E-state index in [0.717, 1.165) is 6.29 Å². The van der Waals surface area contributed by atoms with E-state index in [9.17, 15) is 9.59 Å². The molecule has 0 spiro atoms. The Hall–Kier alpha value is -2.49. The zero-order valence-electron chi connectivity index (χ0n) is 8.81. The molecule has 1 aromatic carbocycles. The summed E-state index contributed by atoms with van der Waals surface area (Å²) in [7, 11) is 0. The van der Waals surface area contributed by atoms with Gasteiger partial charge in [-0.3, -0.25) is 14.6 Å². The summed E-state index contributed by atoms with van der Waals surface area (Å²) in [6.45, 7) is 0. The van der Waals surface area contributed by atoms with Crippen molar-refractivity contribution >= 4 is 28.2 Å². The van der Waals surface area contributed by atoms with Crippen molar-refractivity contribution in [3.63, 3.8) is 0 Å². The number of fused-ring (bicyclic) bond motifs is 2. The van der Waals surface area contributed by atoms with Gasteiger partial charge in [-0.1, -0.05) is 6.07 Å². The maximum absolute atomic E-state index is 12.2. The summed E-state index contributed by atoms with van der Waals surface area (Å²) in [4.78, 5) is 30.2. The van der Waals surface area contributed by atoms with Crippen LogP contribution >= 0.6 is 0 Å². The molecular weight excluding hydrogens is 216 g/mol. The Balaban J connectivity index is 2.64. The Bertz CT molecular complexity index is 790. The molecule has 4 heteroatoms. The molecule has 1 N–H and O–H groups in total. The van der Waals surface area contributed by atoms with Gasteiger partial charge in [0.25, 0.3) is 0 Å². The number of H-pyrrole nitrogens is 1. The van der Waals surface area contributed by atoms with E-state index < -0.39 is 0 Å². The zero-order chi connectivity index (χ0) is 11.8. The third-order valence-electron chi connectivity index (χ3n) is 2.75. The summed E-state index contributed by atoms with van der Waals surface area (Å²) >= 11 is 0. The molecule has 0 atom stereocenters. The Morgan fingerprint density at radius 3 is 2.88 bits per heavy atom. The van der Waals surface area contributed by atoms with E-state index in [-0.39, 0.29) is 5.43 Å². The lowest BCUT2D eigenvalue weighted by Crippen LogP contribution is -2.06. The highest BCUT2D eigenvalue weighted by atomic mass is 16.1. The van der Waals surface area contributed by atoms with E-state index in [1.54, 1.807) is 36.5 Å². The molecule has 3 rings (SSSR count). The quantitative estimate of drug-likeness (QED) is 0.507. The SMILES string of the molecule is O=Cc1cccc2c(=O)c3ncccc3[nH]c12. The normalized spacial score (nSPS) is 10.8. The van der Waals surface area contributed by atoms with Crippen LogP contribution in [0, 0.1) is 0 Å². The number of aromatic nitrogens is 2. The van der Waals surface area contributed by atoms with Crippen LogP contribution in [0.25, 0.3) is 21.9 Å². The minimum Gasteiger partial charge on any atom is -0.352 e. The van der Waals surface area contributed by atoms with Crippen LogP contribution < -0.4 is 5.43 Å². The number of para-hydroxylation sites is 1. The fourth-order valence-corrected chi connectivity index (χ4v) is 1.95. The van der Waals surface area contributed by atoms with Crippen LogP contribution in [0.5, 0.6) is 0 Å². The minimum absolute atomic E-state index is 0.155. The molecule has 0 aliphatic heterocycles. The highest BCUT2D eigenvalue weighted by Crippen LogP contribution is 2.15. The molecular formula is C13H8N2O2. The first-order chi connectivity index (χ1) is 8.31. The second-order valence-electron chi connectivity index (χ2n) is 3.74. The summed E-state index contributed by atoms with van der Waals surface area (Å²) in [5, 5.41) is 0.487. The second-order valence-corrected chi connectivity index (χ2v) is 3.74. The predicted molar refractivity (Wildman–Crippen MR) is 65.3 cm³/mol. The van der Waals surface area contributed by atoms with Crippen LogP contribution in [0.3, 0.4) is 0 Å². The van der Waals surface area contributed by atoms with Gasteiger partial charge in [0.15, 0.2) is 6.29 Å². The summed E-state index contributed by atoms with van der Waals surface area (Å²) in [5.41, 5.74) is 1.92. The molecule has 0 saturated carbocycles. The number of hydrogen-bond acceptors (Lipinski definition) is 3. The number of nitrogens with one attached hydrogen (secondary N) is 1. The first-order valence-corrected chi connectivity index (χ1v) is 5.16. The van der Waals surface area contributed by atoms with Crippen molar-refractivity contribution in [3.8, 4) is 0 Å². The molecule has 82 valence electrons. The van der Waals surface area contributed by atoms with Gasteiger partial charge in [-0.25, -0.2) is 0 Å². The molecule has 0 saturated heterocycles. The average molecular weight is 224 g/mol. The van der Waals surface area contributed by atoms with E-state index in [2.05, 4.69) is 9.97 Å². The Kier molecular flexibility index (Phi) is 2.01. The summed E-state index contributed by atoms with van der Waals surface area (Å²) in [5.74, 6) is 0. The van der Waals surface area contributed by atoms with E-state index in [1.807, 2.05) is 0 Å². The van der Waals surface area contributed by atoms with E-state index in [0.29, 0.717) is 27.5 Å². The van der Waals surface area contributed by atoms with Crippen LogP contribution in [0.2, 0.25) is 0 Å². The monoisotopic (exact) mass is 224 g/mol. The number of benzene rings is 1. The third kappa shape index (κ3) is 1.34. The number of pyridine rings is 2. The standard InChI is InChI=1S/C13H8N2O2/c16-7-8-3-1-4-9-11(8)15-10-5-2-6-14-12(10)13(9)17/h1-7H,(H,15,17). The number of nitrogens with zero attached hydrogens (tertiary/aromatic N) is 1. The van der Waals surface area contributed by atoms with Crippen molar-refractivity contribution in [1.29, 1.82) is 0 Å². The highest BCUT2D eigenvalue weighted by Gasteiger charge is 2.08. The van der Waals surface area contributed by atoms with Crippen molar-refractivity contribution < 1.29 is 4.79 Å². The lowest BCUT2D eigenvalue weighted by atomic mass is 10.1. The summed E-state index contributed by atoms with van der Waals surface area (Å²) in [6.07, 6.45) is 2.31. The fourth-order valence-electron chi connectivity index (χ4n) is 1.95. The van der Waals surface area contributed by atoms with Crippen LogP contribution in [0.1, 0.15) is 10.4 Å². The number of aromatic amines is 1. The van der Waals surface area contributed by atoms with Gasteiger partial charge in [-0.05, 0) is 24.3 Å². The van der Waals surface area contributed by atoms with Crippen molar-refractivity contribution in [3.05, 3.63) is 52.3 Å². The maximum atomic E-state index is 12.2. The molecule has 17 heavy (non-hydrogen) atoms. The van der Waals surface area contributed by atoms with Crippen LogP contribution in [0.15, 0.2) is 41.3 Å². The van der Waals surface area contributed by atoms with Crippen molar-refractivity contribution in [2.45, 2.75) is 0 Å². The average Bonchev–Trinajstić information content (AvgIpc) is 2.38. The van der Waals surface area contributed by atoms with Gasteiger partial charge in [-0.2, -0.15) is 0 Å². The van der Waals surface area contributed by atoms with Crippen molar-refractivity contribution in [2.24, 2.45) is 0 Å². The Labute approximate surface area is 95.9 Å². The predicted octanol–water partition coefficient (Wildman–Crippen LogP) is 1.89. The van der Waals surface area contributed by atoms with Gasteiger partial charge in [0, 0.05) is 17.1 Å². The Morgan fingerprint density at radius 1 is 1.18 bits per heavy atom. The van der Waals surface area contributed by atoms with E-state index in [1.165, 1.54) is 0 Å². The Morgan fingerprint density at radius 2 is 2.06 bits per heavy atom. The first-order valence-electron chi connectivity index (χ1n) is 5.16.